The van der Waals surface area contributed by atoms with Gasteiger partial charge >= 0.3 is 0 Å². The number of hydrogen-bond acceptors (Lipinski definition) is 1. The topological polar surface area (TPSA) is 26.0 Å². The third-order valence-electron chi connectivity index (χ3n) is 2.17. The van der Waals surface area contributed by atoms with E-state index in [0.717, 1.165) is 0 Å². The van der Waals surface area contributed by atoms with Crippen LogP contribution in [0.15, 0.2) is 0 Å². The minimum atomic E-state index is -0.0197. The van der Waals surface area contributed by atoms with Crippen molar-refractivity contribution in [3.8, 4) is 0 Å². The summed E-state index contributed by atoms with van der Waals surface area (Å²) >= 11 is 0. The monoisotopic (exact) mass is 127 g/mol. The molecule has 0 atom stereocenters. The summed E-state index contributed by atoms with van der Waals surface area (Å²) in [6.07, 6.45) is 0. The second-order valence-corrected chi connectivity index (χ2v) is 3.85. The molecule has 1 nitrogen and oxygen atoms in total. The Morgan fingerprint density at radius 3 is 1.67 bits per heavy atom. The molecule has 0 aliphatic rings. The normalized spacial score (nSPS) is 12.3. The molecular weight excluding hydrogens is 109 g/mol. The van der Waals surface area contributed by atoms with Crippen molar-refractivity contribution in [3.63, 3.8) is 0 Å². The van der Waals surface area contributed by atoms with Crippen LogP contribution in [0.1, 0.15) is 27.7 Å². The van der Waals surface area contributed by atoms with E-state index in [-0.39, 0.29) is 5.44 Å². The highest BCUT2D eigenvalue weighted by molar-refractivity contribution is 6.62. The summed E-state index contributed by atoms with van der Waals surface area (Å²) in [5.41, 5.74) is 5.86. The number of nitrogens with two attached hydrogens (primary N) is 1. The van der Waals surface area contributed by atoms with E-state index in [9.17, 15) is 0 Å². The first-order valence-electron chi connectivity index (χ1n) is 3.64. The van der Waals surface area contributed by atoms with Crippen molar-refractivity contribution in [3.05, 3.63) is 0 Å². The smallest absolute Gasteiger partial charge is 0.162 e. The predicted molar refractivity (Wildman–Crippen MR) is 45.0 cm³/mol. The third-order valence-corrected chi connectivity index (χ3v) is 2.17. The predicted octanol–water partition coefficient (Wildman–Crippen LogP) is 1.80. The summed E-state index contributed by atoms with van der Waals surface area (Å²) in [5, 5.41) is 0. The van der Waals surface area contributed by atoms with Crippen molar-refractivity contribution in [2.75, 3.05) is 0 Å². The van der Waals surface area contributed by atoms with Crippen LogP contribution in [0.5, 0.6) is 0 Å². The zero-order valence-corrected chi connectivity index (χ0v) is 7.23. The average molecular weight is 127 g/mol. The van der Waals surface area contributed by atoms with Gasteiger partial charge in [0, 0.05) is 0 Å². The van der Waals surface area contributed by atoms with Crippen LogP contribution in [-0.4, -0.2) is 12.2 Å². The molecule has 0 aromatic heterocycles. The molecule has 0 rings (SSSR count). The van der Waals surface area contributed by atoms with Crippen LogP contribution in [0, 0.1) is 0 Å². The van der Waals surface area contributed by atoms with Crippen LogP contribution in [-0.2, 0) is 0 Å². The quantitative estimate of drug-likeness (QED) is 0.562. The molecule has 0 amide bonds. The molecule has 0 aliphatic heterocycles. The van der Waals surface area contributed by atoms with Crippen molar-refractivity contribution >= 4 is 6.71 Å². The van der Waals surface area contributed by atoms with Crippen molar-refractivity contribution in [1.29, 1.82) is 0 Å². The van der Waals surface area contributed by atoms with Gasteiger partial charge in [0.1, 0.15) is 0 Å². The molecule has 0 saturated heterocycles. The van der Waals surface area contributed by atoms with Crippen LogP contribution >= 0.6 is 0 Å². The molecule has 0 bridgehead atoms. The van der Waals surface area contributed by atoms with Crippen LogP contribution in [0.2, 0.25) is 12.6 Å². The minimum Gasteiger partial charge on any atom is -0.332 e. The van der Waals surface area contributed by atoms with Crippen LogP contribution in [0.3, 0.4) is 0 Å². The van der Waals surface area contributed by atoms with Gasteiger partial charge in [0.15, 0.2) is 6.71 Å². The van der Waals surface area contributed by atoms with Crippen molar-refractivity contribution in [2.45, 2.75) is 45.8 Å². The summed E-state index contributed by atoms with van der Waals surface area (Å²) in [7, 11) is 0. The van der Waals surface area contributed by atoms with E-state index in [4.69, 9.17) is 5.73 Å². The van der Waals surface area contributed by atoms with E-state index in [1.807, 2.05) is 0 Å². The molecule has 0 radical (unpaired) electrons. The first kappa shape index (κ1) is 9.02. The second kappa shape index (κ2) is 2.74. The molecule has 0 spiro atoms. The lowest BCUT2D eigenvalue weighted by molar-refractivity contribution is 0.697. The molecule has 2 N–H and O–H groups in total. The minimum absolute atomic E-state index is 0.0197. The fraction of sp³-hybridized carbons (Fsp3) is 1.00. The maximum absolute atomic E-state index is 5.88. The van der Waals surface area contributed by atoms with E-state index in [1.165, 1.54) is 0 Å². The lowest BCUT2D eigenvalue weighted by atomic mass is 9.34. The van der Waals surface area contributed by atoms with E-state index < -0.39 is 0 Å². The molecule has 0 aromatic carbocycles. The highest BCUT2D eigenvalue weighted by Crippen LogP contribution is 2.16. The van der Waals surface area contributed by atoms with E-state index >= 15 is 0 Å². The largest absolute Gasteiger partial charge is 0.332 e. The van der Waals surface area contributed by atoms with Crippen molar-refractivity contribution in [2.24, 2.45) is 5.73 Å². The Morgan fingerprint density at radius 1 is 1.33 bits per heavy atom. The first-order valence-corrected chi connectivity index (χ1v) is 3.64. The lowest BCUT2D eigenvalue weighted by Crippen LogP contribution is -2.48. The molecule has 0 saturated carbocycles. The van der Waals surface area contributed by atoms with Gasteiger partial charge in [-0.3, -0.25) is 0 Å². The Balaban J connectivity index is 3.88. The van der Waals surface area contributed by atoms with Crippen LogP contribution in [0.4, 0.5) is 0 Å². The second-order valence-electron chi connectivity index (χ2n) is 3.85. The summed E-state index contributed by atoms with van der Waals surface area (Å²) in [4.78, 5) is 0. The maximum Gasteiger partial charge on any atom is 0.162 e. The van der Waals surface area contributed by atoms with Gasteiger partial charge in [-0.25, -0.2) is 0 Å². The number of rotatable bonds is 2. The first-order chi connectivity index (χ1) is 3.85. The summed E-state index contributed by atoms with van der Waals surface area (Å²) in [5.74, 6) is 0.685. The van der Waals surface area contributed by atoms with Crippen LogP contribution in [0.25, 0.3) is 0 Å². The molecule has 54 valence electrons. The zero-order valence-electron chi connectivity index (χ0n) is 7.23. The lowest BCUT2D eigenvalue weighted by Gasteiger charge is -2.27. The Hall–Kier alpha value is 0.0249. The van der Waals surface area contributed by atoms with Gasteiger partial charge in [0.2, 0.25) is 0 Å². The van der Waals surface area contributed by atoms with Gasteiger partial charge in [0.25, 0.3) is 0 Å². The molecular formula is C7H18BN. The summed E-state index contributed by atoms with van der Waals surface area (Å²) < 4.78 is 0. The van der Waals surface area contributed by atoms with Gasteiger partial charge < -0.3 is 5.73 Å². The van der Waals surface area contributed by atoms with Gasteiger partial charge in [-0.2, -0.15) is 0 Å². The van der Waals surface area contributed by atoms with Gasteiger partial charge in [0.05, 0.1) is 0 Å². The maximum atomic E-state index is 5.88. The van der Waals surface area contributed by atoms with E-state index in [2.05, 4.69) is 34.5 Å². The summed E-state index contributed by atoms with van der Waals surface area (Å²) in [6.45, 7) is 11.4. The molecule has 0 aromatic rings. The highest BCUT2D eigenvalue weighted by Gasteiger charge is 2.26. The number of hydrogen-bond donors (Lipinski definition) is 1. The molecule has 2 heteroatoms. The fourth-order valence-corrected chi connectivity index (χ4v) is 0.859. The van der Waals surface area contributed by atoms with Crippen LogP contribution < -0.4 is 5.73 Å². The summed E-state index contributed by atoms with van der Waals surface area (Å²) in [6, 6.07) is 0. The average Bonchev–Trinajstić information content (AvgIpc) is 1.62. The van der Waals surface area contributed by atoms with Gasteiger partial charge in [-0.1, -0.05) is 40.3 Å². The molecule has 0 unspecified atom stereocenters. The molecule has 9 heavy (non-hydrogen) atoms. The third kappa shape index (κ3) is 2.90. The Labute approximate surface area is 59.1 Å². The highest BCUT2D eigenvalue weighted by atomic mass is 14.7. The Kier molecular flexibility index (Phi) is 2.75. The van der Waals surface area contributed by atoms with Crippen molar-refractivity contribution < 1.29 is 0 Å². The zero-order chi connectivity index (χ0) is 7.65. The fourth-order valence-electron chi connectivity index (χ4n) is 0.859. The Morgan fingerprint density at radius 2 is 1.67 bits per heavy atom. The standard InChI is InChI=1S/C7H18BN/c1-6(2)8(5)7(3,4)9/h6H,9H2,1-5H3. The van der Waals surface area contributed by atoms with E-state index in [0.29, 0.717) is 12.5 Å². The van der Waals surface area contributed by atoms with E-state index in [1.54, 1.807) is 0 Å². The SMILES string of the molecule is CB(C(C)C)C(C)(C)N. The van der Waals surface area contributed by atoms with Gasteiger partial charge in [-0.15, -0.1) is 0 Å². The Bertz CT molecular complexity index is 83.4. The molecule has 0 fully saturated rings. The van der Waals surface area contributed by atoms with Gasteiger partial charge in [-0.05, 0) is 5.44 Å². The van der Waals surface area contributed by atoms with Crippen molar-refractivity contribution in [1.82, 2.24) is 0 Å². The molecule has 0 heterocycles. The molecule has 0 aliphatic carbocycles.